The Morgan fingerprint density at radius 1 is 1.18 bits per heavy atom. The molecule has 1 atom stereocenters. The molecular weight excluding hydrogens is 538 g/mol. The van der Waals surface area contributed by atoms with E-state index in [-0.39, 0.29) is 23.6 Å². The third kappa shape index (κ3) is 6.84. The highest BCUT2D eigenvalue weighted by molar-refractivity contribution is 9.10. The summed E-state index contributed by atoms with van der Waals surface area (Å²) in [4.78, 5) is 25.3. The molecule has 180 valence electrons. The first-order valence-electron chi connectivity index (χ1n) is 10.8. The number of nitrogens with zero attached hydrogens (tertiary/aromatic N) is 3. The topological polar surface area (TPSA) is 88.9 Å². The summed E-state index contributed by atoms with van der Waals surface area (Å²) in [6.45, 7) is 6.12. The summed E-state index contributed by atoms with van der Waals surface area (Å²) in [5.74, 6) is 0.715. The van der Waals surface area contributed by atoms with Crippen molar-refractivity contribution >= 4 is 56.8 Å². The molecule has 0 saturated carbocycles. The quantitative estimate of drug-likeness (QED) is 0.321. The number of thioether (sulfide) groups is 1. The van der Waals surface area contributed by atoms with E-state index in [1.165, 1.54) is 11.8 Å². The van der Waals surface area contributed by atoms with Gasteiger partial charge in [0.1, 0.15) is 0 Å². The van der Waals surface area contributed by atoms with Gasteiger partial charge in [-0.2, -0.15) is 0 Å². The number of halogens is 2. The van der Waals surface area contributed by atoms with Gasteiger partial charge in [0, 0.05) is 17.2 Å². The van der Waals surface area contributed by atoms with Crippen LogP contribution in [0.25, 0.3) is 0 Å². The van der Waals surface area contributed by atoms with Gasteiger partial charge in [-0.25, -0.2) is 0 Å². The Hall–Kier alpha value is -2.36. The standard InChI is InChI=1S/C24H27BrClN5O2S/c1-14(2)11-20(28-23(33)17-7-5-6-8-19(17)26)22-29-30-24(31(22)4)34-13-21(32)27-16-9-10-18(25)15(3)12-16/h5-10,12,14,20H,11,13H2,1-4H3,(H,27,32)(H,28,33)/t20-/m0/s1. The number of hydrogen-bond donors (Lipinski definition) is 2. The minimum Gasteiger partial charge on any atom is -0.342 e. The zero-order chi connectivity index (χ0) is 24.8. The molecule has 1 heterocycles. The molecule has 10 heteroatoms. The zero-order valence-corrected chi connectivity index (χ0v) is 22.6. The van der Waals surface area contributed by atoms with E-state index in [1.807, 2.05) is 36.7 Å². The second-order valence-corrected chi connectivity index (χ2v) is 10.5. The summed E-state index contributed by atoms with van der Waals surface area (Å²) in [5.41, 5.74) is 2.19. The molecule has 0 bridgehead atoms. The van der Waals surface area contributed by atoms with E-state index in [4.69, 9.17) is 11.6 Å². The molecule has 0 radical (unpaired) electrons. The Bertz CT molecular complexity index is 1180. The number of carbonyl (C=O) groups is 2. The van der Waals surface area contributed by atoms with Gasteiger partial charge in [0.05, 0.1) is 22.4 Å². The minimum absolute atomic E-state index is 0.137. The van der Waals surface area contributed by atoms with Crippen molar-refractivity contribution < 1.29 is 9.59 Å². The van der Waals surface area contributed by atoms with Crippen molar-refractivity contribution in [2.45, 2.75) is 38.4 Å². The van der Waals surface area contributed by atoms with Gasteiger partial charge in [-0.1, -0.05) is 65.3 Å². The fraction of sp³-hybridized carbons (Fsp3) is 0.333. The number of aromatic nitrogens is 3. The van der Waals surface area contributed by atoms with Crippen molar-refractivity contribution in [2.75, 3.05) is 11.1 Å². The summed E-state index contributed by atoms with van der Waals surface area (Å²) >= 11 is 10.9. The Kier molecular flexibility index (Phi) is 9.16. The number of anilines is 1. The van der Waals surface area contributed by atoms with Crippen LogP contribution in [0.4, 0.5) is 5.69 Å². The Morgan fingerprint density at radius 3 is 2.59 bits per heavy atom. The van der Waals surface area contributed by atoms with Crippen molar-refractivity contribution in [1.29, 1.82) is 0 Å². The molecule has 0 saturated heterocycles. The average Bonchev–Trinajstić information content (AvgIpc) is 3.14. The molecule has 3 aromatic rings. The molecular formula is C24H27BrClN5O2S. The van der Waals surface area contributed by atoms with Crippen molar-refractivity contribution in [2.24, 2.45) is 13.0 Å². The van der Waals surface area contributed by atoms with Gasteiger partial charge in [-0.15, -0.1) is 10.2 Å². The predicted molar refractivity (Wildman–Crippen MR) is 140 cm³/mol. The fourth-order valence-electron chi connectivity index (χ4n) is 3.39. The molecule has 0 aliphatic carbocycles. The van der Waals surface area contributed by atoms with Crippen LogP contribution >= 0.6 is 39.3 Å². The molecule has 0 fully saturated rings. The zero-order valence-electron chi connectivity index (χ0n) is 19.4. The molecule has 2 aromatic carbocycles. The van der Waals surface area contributed by atoms with Gasteiger partial charge in [0.2, 0.25) is 5.91 Å². The van der Waals surface area contributed by atoms with Gasteiger partial charge >= 0.3 is 0 Å². The van der Waals surface area contributed by atoms with Crippen LogP contribution < -0.4 is 10.6 Å². The Labute approximate surface area is 217 Å². The van der Waals surface area contributed by atoms with Gasteiger partial charge in [0.25, 0.3) is 5.91 Å². The number of nitrogens with one attached hydrogen (secondary N) is 2. The summed E-state index contributed by atoms with van der Waals surface area (Å²) in [5, 5.41) is 15.5. The lowest BCUT2D eigenvalue weighted by Gasteiger charge is -2.20. The molecule has 7 nitrogen and oxygen atoms in total. The molecule has 0 aliphatic rings. The molecule has 2 N–H and O–H groups in total. The van der Waals surface area contributed by atoms with Crippen LogP contribution in [0.2, 0.25) is 5.02 Å². The highest BCUT2D eigenvalue weighted by Gasteiger charge is 2.24. The first kappa shape index (κ1) is 26.2. The monoisotopic (exact) mass is 563 g/mol. The second kappa shape index (κ2) is 11.9. The summed E-state index contributed by atoms with van der Waals surface area (Å²) in [6, 6.07) is 12.2. The Balaban J connectivity index is 1.68. The van der Waals surface area contributed by atoms with E-state index in [9.17, 15) is 9.59 Å². The van der Waals surface area contributed by atoms with Crippen LogP contribution in [0.3, 0.4) is 0 Å². The van der Waals surface area contributed by atoms with Gasteiger partial charge in [0.15, 0.2) is 11.0 Å². The van der Waals surface area contributed by atoms with Crippen molar-refractivity contribution in [3.63, 3.8) is 0 Å². The van der Waals surface area contributed by atoms with E-state index < -0.39 is 0 Å². The van der Waals surface area contributed by atoms with Gasteiger partial charge in [-0.3, -0.25) is 9.59 Å². The maximum Gasteiger partial charge on any atom is 0.253 e. The molecule has 0 unspecified atom stereocenters. The number of rotatable bonds is 9. The molecule has 3 rings (SSSR count). The first-order chi connectivity index (χ1) is 16.2. The molecule has 0 aliphatic heterocycles. The molecule has 2 amide bonds. The van der Waals surface area contributed by atoms with Crippen LogP contribution in [0, 0.1) is 12.8 Å². The predicted octanol–water partition coefficient (Wildman–Crippen LogP) is 5.79. The summed E-state index contributed by atoms with van der Waals surface area (Å²) in [6.07, 6.45) is 0.677. The minimum atomic E-state index is -0.352. The highest BCUT2D eigenvalue weighted by Crippen LogP contribution is 2.26. The summed E-state index contributed by atoms with van der Waals surface area (Å²) in [7, 11) is 1.84. The van der Waals surface area contributed by atoms with E-state index in [1.54, 1.807) is 24.3 Å². The van der Waals surface area contributed by atoms with Crippen molar-refractivity contribution in [3.05, 3.63) is 68.9 Å². The van der Waals surface area contributed by atoms with Crippen LogP contribution in [0.15, 0.2) is 52.1 Å². The molecule has 1 aromatic heterocycles. The summed E-state index contributed by atoms with van der Waals surface area (Å²) < 4.78 is 2.81. The number of aryl methyl sites for hydroxylation is 1. The third-order valence-corrected chi connectivity index (χ3v) is 7.32. The average molecular weight is 565 g/mol. The third-order valence-electron chi connectivity index (χ3n) is 5.09. The van der Waals surface area contributed by atoms with E-state index in [0.717, 1.165) is 15.7 Å². The van der Waals surface area contributed by atoms with E-state index >= 15 is 0 Å². The lowest BCUT2D eigenvalue weighted by Crippen LogP contribution is -2.31. The van der Waals surface area contributed by atoms with Crippen LogP contribution in [0.1, 0.15) is 48.1 Å². The highest BCUT2D eigenvalue weighted by atomic mass is 79.9. The maximum atomic E-state index is 12.9. The normalized spacial score (nSPS) is 12.0. The smallest absolute Gasteiger partial charge is 0.253 e. The lowest BCUT2D eigenvalue weighted by atomic mass is 10.0. The largest absolute Gasteiger partial charge is 0.342 e. The van der Waals surface area contributed by atoms with Crippen LogP contribution in [-0.4, -0.2) is 32.3 Å². The number of benzene rings is 2. The van der Waals surface area contributed by atoms with Crippen LogP contribution in [0.5, 0.6) is 0 Å². The van der Waals surface area contributed by atoms with Crippen molar-refractivity contribution in [3.8, 4) is 0 Å². The number of hydrogen-bond acceptors (Lipinski definition) is 5. The van der Waals surface area contributed by atoms with Crippen molar-refractivity contribution in [1.82, 2.24) is 20.1 Å². The van der Waals surface area contributed by atoms with E-state index in [2.05, 4.69) is 50.6 Å². The van der Waals surface area contributed by atoms with E-state index in [0.29, 0.717) is 33.9 Å². The van der Waals surface area contributed by atoms with Gasteiger partial charge < -0.3 is 15.2 Å². The number of amides is 2. The lowest BCUT2D eigenvalue weighted by molar-refractivity contribution is -0.113. The first-order valence-corrected chi connectivity index (χ1v) is 12.9. The molecule has 0 spiro atoms. The van der Waals surface area contributed by atoms with Crippen LogP contribution in [-0.2, 0) is 11.8 Å². The number of carbonyl (C=O) groups excluding carboxylic acids is 2. The maximum absolute atomic E-state index is 12.9. The second-order valence-electron chi connectivity index (χ2n) is 8.34. The Morgan fingerprint density at radius 2 is 1.91 bits per heavy atom. The molecule has 34 heavy (non-hydrogen) atoms. The van der Waals surface area contributed by atoms with Gasteiger partial charge in [-0.05, 0) is 55.2 Å². The SMILES string of the molecule is Cc1cc(NC(=O)CSc2nnc([C@H](CC(C)C)NC(=O)c3ccccc3Cl)n2C)ccc1Br. The fourth-order valence-corrected chi connectivity index (χ4v) is 4.57.